The molecule has 2 rings (SSSR count). The molecule has 0 aromatic carbocycles. The zero-order chi connectivity index (χ0) is 13.2. The van der Waals surface area contributed by atoms with Gasteiger partial charge < -0.3 is 10.1 Å². The Bertz CT molecular complexity index is 475. The van der Waals surface area contributed by atoms with Crippen LogP contribution in [-0.2, 0) is 6.18 Å². The van der Waals surface area contributed by atoms with Gasteiger partial charge in [-0.05, 0) is 19.0 Å². The first-order valence-corrected chi connectivity index (χ1v) is 5.36. The maximum Gasteiger partial charge on any atom is 0.433 e. The lowest BCUT2D eigenvalue weighted by molar-refractivity contribution is -0.141. The Labute approximate surface area is 101 Å². The molecule has 1 saturated heterocycles. The lowest BCUT2D eigenvalue weighted by Gasteiger charge is -2.13. The van der Waals surface area contributed by atoms with Gasteiger partial charge in [-0.15, -0.1) is 0 Å². The number of alkyl halides is 3. The van der Waals surface area contributed by atoms with E-state index in [4.69, 9.17) is 10.00 Å². The van der Waals surface area contributed by atoms with Crippen LogP contribution in [0.2, 0.25) is 0 Å². The number of nitriles is 1. The molecule has 0 saturated carbocycles. The van der Waals surface area contributed by atoms with Gasteiger partial charge in [0.15, 0.2) is 0 Å². The number of hydrogen-bond donors (Lipinski definition) is 1. The van der Waals surface area contributed by atoms with Crippen LogP contribution in [0.1, 0.15) is 17.7 Å². The van der Waals surface area contributed by atoms with Crippen molar-refractivity contribution < 1.29 is 17.9 Å². The molecule has 1 atom stereocenters. The minimum Gasteiger partial charge on any atom is -0.473 e. The Hall–Kier alpha value is -1.81. The van der Waals surface area contributed by atoms with Gasteiger partial charge in [0.2, 0.25) is 5.88 Å². The normalized spacial score (nSPS) is 19.6. The molecular weight excluding hydrogens is 247 g/mol. The summed E-state index contributed by atoms with van der Waals surface area (Å²) in [6.07, 6.45) is -4.08. The highest BCUT2D eigenvalue weighted by Crippen LogP contribution is 2.30. The van der Waals surface area contributed by atoms with Gasteiger partial charge in [-0.1, -0.05) is 0 Å². The molecule has 4 nitrogen and oxygen atoms in total. The van der Waals surface area contributed by atoms with Gasteiger partial charge in [0.25, 0.3) is 0 Å². The molecule has 1 aliphatic rings. The molecule has 0 amide bonds. The van der Waals surface area contributed by atoms with E-state index in [1.807, 2.05) is 0 Å². The van der Waals surface area contributed by atoms with Crippen molar-refractivity contribution in [2.45, 2.75) is 18.7 Å². The summed E-state index contributed by atoms with van der Waals surface area (Å²) in [6, 6.07) is 3.59. The molecular formula is C11H10F3N3O. The molecule has 1 N–H and O–H groups in total. The van der Waals surface area contributed by atoms with Crippen LogP contribution in [0.15, 0.2) is 12.1 Å². The minimum atomic E-state index is -4.58. The third-order valence-corrected chi connectivity index (χ3v) is 2.52. The zero-order valence-corrected chi connectivity index (χ0v) is 9.29. The summed E-state index contributed by atoms with van der Waals surface area (Å²) in [4.78, 5) is 3.39. The van der Waals surface area contributed by atoms with Crippen LogP contribution in [0.3, 0.4) is 0 Å². The molecule has 1 aliphatic heterocycles. The van der Waals surface area contributed by atoms with Gasteiger partial charge in [-0.3, -0.25) is 0 Å². The van der Waals surface area contributed by atoms with E-state index in [0.29, 0.717) is 19.0 Å². The van der Waals surface area contributed by atoms with Gasteiger partial charge in [-0.25, -0.2) is 4.98 Å². The van der Waals surface area contributed by atoms with Crippen molar-refractivity contribution in [3.63, 3.8) is 0 Å². The number of aromatic nitrogens is 1. The second kappa shape index (κ2) is 4.82. The molecule has 1 aromatic heterocycles. The highest BCUT2D eigenvalue weighted by atomic mass is 19.4. The fourth-order valence-electron chi connectivity index (χ4n) is 1.67. The number of pyridine rings is 1. The average Bonchev–Trinajstić information content (AvgIpc) is 2.80. The van der Waals surface area contributed by atoms with Gasteiger partial charge >= 0.3 is 6.18 Å². The van der Waals surface area contributed by atoms with Crippen LogP contribution in [0.5, 0.6) is 5.88 Å². The third kappa shape index (κ3) is 2.90. The SMILES string of the molecule is N#Cc1cc(O[C@@H]2CCNC2)nc(C(F)(F)F)c1. The quantitative estimate of drug-likeness (QED) is 0.876. The van der Waals surface area contributed by atoms with E-state index in [0.717, 1.165) is 6.54 Å². The summed E-state index contributed by atoms with van der Waals surface area (Å²) < 4.78 is 43.0. The molecule has 0 spiro atoms. The zero-order valence-electron chi connectivity index (χ0n) is 9.29. The van der Waals surface area contributed by atoms with Crippen molar-refractivity contribution in [3.8, 4) is 11.9 Å². The maximum atomic E-state index is 12.6. The van der Waals surface area contributed by atoms with E-state index in [-0.39, 0.29) is 17.5 Å². The Morgan fingerprint density at radius 3 is 2.78 bits per heavy atom. The van der Waals surface area contributed by atoms with Crippen LogP contribution < -0.4 is 10.1 Å². The van der Waals surface area contributed by atoms with E-state index in [2.05, 4.69) is 10.3 Å². The fraction of sp³-hybridized carbons (Fsp3) is 0.455. The molecule has 1 fully saturated rings. The van der Waals surface area contributed by atoms with Gasteiger partial charge in [-0.2, -0.15) is 18.4 Å². The first kappa shape index (κ1) is 12.6. The van der Waals surface area contributed by atoms with Gasteiger partial charge in [0.1, 0.15) is 11.8 Å². The number of ether oxygens (including phenoxy) is 1. The molecule has 0 aliphatic carbocycles. The molecule has 18 heavy (non-hydrogen) atoms. The highest BCUT2D eigenvalue weighted by Gasteiger charge is 2.33. The Kier molecular flexibility index (Phi) is 3.39. The summed E-state index contributed by atoms with van der Waals surface area (Å²) in [6.45, 7) is 1.33. The monoisotopic (exact) mass is 257 g/mol. The first-order valence-electron chi connectivity index (χ1n) is 5.36. The first-order chi connectivity index (χ1) is 8.49. The fourth-order valence-corrected chi connectivity index (χ4v) is 1.67. The number of nitrogens with one attached hydrogen (secondary N) is 1. The van der Waals surface area contributed by atoms with Crippen molar-refractivity contribution in [2.75, 3.05) is 13.1 Å². The average molecular weight is 257 g/mol. The van der Waals surface area contributed by atoms with E-state index >= 15 is 0 Å². The molecule has 2 heterocycles. The van der Waals surface area contributed by atoms with E-state index in [1.165, 1.54) is 6.07 Å². The molecule has 96 valence electrons. The van der Waals surface area contributed by atoms with Crippen LogP contribution in [0, 0.1) is 11.3 Å². The molecule has 7 heteroatoms. The van der Waals surface area contributed by atoms with Crippen LogP contribution in [0.25, 0.3) is 0 Å². The Morgan fingerprint density at radius 1 is 1.44 bits per heavy atom. The predicted octanol–water partition coefficient (Wildman–Crippen LogP) is 1.71. The maximum absolute atomic E-state index is 12.6. The largest absolute Gasteiger partial charge is 0.473 e. The summed E-state index contributed by atoms with van der Waals surface area (Å²) in [5.74, 6) is -0.157. The van der Waals surface area contributed by atoms with Crippen LogP contribution in [0.4, 0.5) is 13.2 Å². The lowest BCUT2D eigenvalue weighted by Crippen LogP contribution is -2.21. The molecule has 0 bridgehead atoms. The summed E-state index contributed by atoms with van der Waals surface area (Å²) in [5.41, 5.74) is -1.22. The Morgan fingerprint density at radius 2 is 2.22 bits per heavy atom. The summed E-state index contributed by atoms with van der Waals surface area (Å²) in [5, 5.41) is 11.7. The van der Waals surface area contributed by atoms with E-state index in [9.17, 15) is 13.2 Å². The highest BCUT2D eigenvalue weighted by molar-refractivity contribution is 5.35. The standard InChI is InChI=1S/C11H10F3N3O/c12-11(13,14)9-3-7(5-15)4-10(17-9)18-8-1-2-16-6-8/h3-4,8,16H,1-2,6H2/t8-/m1/s1. The number of nitrogens with zero attached hydrogens (tertiary/aromatic N) is 2. The van der Waals surface area contributed by atoms with E-state index < -0.39 is 11.9 Å². The number of halogens is 3. The van der Waals surface area contributed by atoms with Crippen molar-refractivity contribution >= 4 is 0 Å². The van der Waals surface area contributed by atoms with Crippen molar-refractivity contribution in [3.05, 3.63) is 23.4 Å². The van der Waals surface area contributed by atoms with Crippen molar-refractivity contribution in [1.29, 1.82) is 5.26 Å². The topological polar surface area (TPSA) is 57.9 Å². The second-order valence-electron chi connectivity index (χ2n) is 3.92. The second-order valence-corrected chi connectivity index (χ2v) is 3.92. The predicted molar refractivity (Wildman–Crippen MR) is 55.9 cm³/mol. The molecule has 1 aromatic rings. The smallest absolute Gasteiger partial charge is 0.433 e. The summed E-state index contributed by atoms with van der Waals surface area (Å²) in [7, 11) is 0. The van der Waals surface area contributed by atoms with Crippen molar-refractivity contribution in [1.82, 2.24) is 10.3 Å². The van der Waals surface area contributed by atoms with Crippen molar-refractivity contribution in [2.24, 2.45) is 0 Å². The van der Waals surface area contributed by atoms with E-state index in [1.54, 1.807) is 6.07 Å². The summed E-state index contributed by atoms with van der Waals surface area (Å²) >= 11 is 0. The number of rotatable bonds is 2. The van der Waals surface area contributed by atoms with Crippen LogP contribution >= 0.6 is 0 Å². The lowest BCUT2D eigenvalue weighted by atomic mass is 10.2. The van der Waals surface area contributed by atoms with Gasteiger partial charge in [0.05, 0.1) is 11.6 Å². The van der Waals surface area contributed by atoms with Crippen LogP contribution in [-0.4, -0.2) is 24.2 Å². The molecule has 0 unspecified atom stereocenters. The number of hydrogen-bond acceptors (Lipinski definition) is 4. The minimum absolute atomic E-state index is 0.113. The van der Waals surface area contributed by atoms with Gasteiger partial charge in [0, 0.05) is 12.6 Å². The molecule has 0 radical (unpaired) electrons. The third-order valence-electron chi connectivity index (χ3n) is 2.52. The Balaban J connectivity index is 2.26.